The van der Waals surface area contributed by atoms with Gasteiger partial charge in [-0.3, -0.25) is 4.90 Å². The van der Waals surface area contributed by atoms with Crippen molar-refractivity contribution < 1.29 is 0 Å². The van der Waals surface area contributed by atoms with Gasteiger partial charge in [0.2, 0.25) is 0 Å². The van der Waals surface area contributed by atoms with E-state index in [0.717, 1.165) is 6.54 Å². The lowest BCUT2D eigenvalue weighted by Gasteiger charge is -2.24. The van der Waals surface area contributed by atoms with Crippen LogP contribution >= 0.6 is 0 Å². The van der Waals surface area contributed by atoms with Crippen LogP contribution in [0.4, 0.5) is 0 Å². The molecule has 1 nitrogen and oxygen atoms in total. The van der Waals surface area contributed by atoms with E-state index >= 15 is 0 Å². The van der Waals surface area contributed by atoms with Crippen molar-refractivity contribution in [1.29, 1.82) is 0 Å². The van der Waals surface area contributed by atoms with Crippen molar-refractivity contribution in [2.24, 2.45) is 0 Å². The van der Waals surface area contributed by atoms with E-state index in [1.54, 1.807) is 0 Å². The fourth-order valence-corrected chi connectivity index (χ4v) is 1.51. The van der Waals surface area contributed by atoms with Gasteiger partial charge in [-0.05, 0) is 32.9 Å². The first-order valence-electron chi connectivity index (χ1n) is 4.77. The monoisotopic (exact) mass is 164 g/mol. The van der Waals surface area contributed by atoms with Gasteiger partial charge in [-0.1, -0.05) is 30.7 Å². The minimum atomic E-state index is 1.10. The standard InChI is InChI=1S/C11H18N/c1-2-3-4-6-9-12-10-7-5-8-11-12/h2-4,6H,1,5,7-11H2/b3-2+,6-4+. The fourth-order valence-electron chi connectivity index (χ4n) is 1.51. The lowest BCUT2D eigenvalue weighted by molar-refractivity contribution is 0.251. The topological polar surface area (TPSA) is 3.24 Å². The van der Waals surface area contributed by atoms with E-state index in [9.17, 15) is 0 Å². The molecule has 1 aliphatic rings. The Balaban J connectivity index is 2.12. The van der Waals surface area contributed by atoms with Crippen molar-refractivity contribution in [3.63, 3.8) is 0 Å². The van der Waals surface area contributed by atoms with Crippen LogP contribution in [0, 0.1) is 6.92 Å². The zero-order chi connectivity index (χ0) is 8.65. The maximum absolute atomic E-state index is 3.62. The zero-order valence-electron chi connectivity index (χ0n) is 7.71. The van der Waals surface area contributed by atoms with Crippen LogP contribution in [-0.4, -0.2) is 24.5 Å². The summed E-state index contributed by atoms with van der Waals surface area (Å²) in [5.74, 6) is 0. The van der Waals surface area contributed by atoms with Gasteiger partial charge in [0.25, 0.3) is 0 Å². The van der Waals surface area contributed by atoms with Gasteiger partial charge in [0.1, 0.15) is 0 Å². The molecule has 0 saturated carbocycles. The van der Waals surface area contributed by atoms with Crippen molar-refractivity contribution in [3.05, 3.63) is 31.2 Å². The Morgan fingerprint density at radius 1 is 1.08 bits per heavy atom. The average molecular weight is 164 g/mol. The molecule has 0 aliphatic carbocycles. The Labute approximate surface area is 75.8 Å². The van der Waals surface area contributed by atoms with Gasteiger partial charge in [0.05, 0.1) is 0 Å². The van der Waals surface area contributed by atoms with Crippen molar-refractivity contribution in [2.45, 2.75) is 19.3 Å². The molecule has 67 valence electrons. The molecule has 0 spiro atoms. The smallest absolute Gasteiger partial charge is 0.0166 e. The molecule has 1 heterocycles. The quantitative estimate of drug-likeness (QED) is 0.579. The predicted molar refractivity (Wildman–Crippen MR) is 53.9 cm³/mol. The summed E-state index contributed by atoms with van der Waals surface area (Å²) in [6, 6.07) is 0. The maximum atomic E-state index is 3.62. The molecule has 0 aromatic heterocycles. The number of nitrogens with zero attached hydrogens (tertiary/aromatic N) is 1. The second-order valence-corrected chi connectivity index (χ2v) is 3.22. The number of allylic oxidation sites excluding steroid dienone is 3. The maximum Gasteiger partial charge on any atom is 0.0166 e. The average Bonchev–Trinajstić information content (AvgIpc) is 2.14. The molecule has 1 fully saturated rings. The molecule has 1 aliphatic heterocycles. The molecule has 0 N–H and O–H groups in total. The van der Waals surface area contributed by atoms with E-state index in [-0.39, 0.29) is 0 Å². The molecular weight excluding hydrogens is 146 g/mol. The van der Waals surface area contributed by atoms with Crippen molar-refractivity contribution in [2.75, 3.05) is 19.6 Å². The van der Waals surface area contributed by atoms with Crippen LogP contribution in [0.5, 0.6) is 0 Å². The number of likely N-dealkylation sites (tertiary alicyclic amines) is 1. The first-order chi connectivity index (χ1) is 5.93. The van der Waals surface area contributed by atoms with E-state index in [0.29, 0.717) is 0 Å². The van der Waals surface area contributed by atoms with E-state index in [1.165, 1.54) is 32.4 Å². The minimum Gasteiger partial charge on any atom is -0.300 e. The van der Waals surface area contributed by atoms with E-state index in [1.807, 2.05) is 12.2 Å². The molecule has 0 aromatic carbocycles. The number of hydrogen-bond acceptors (Lipinski definition) is 1. The van der Waals surface area contributed by atoms with Crippen LogP contribution in [0.25, 0.3) is 0 Å². The predicted octanol–water partition coefficient (Wildman–Crippen LogP) is 2.42. The molecule has 12 heavy (non-hydrogen) atoms. The molecular formula is C11H18N. The summed E-state index contributed by atoms with van der Waals surface area (Å²) >= 11 is 0. The Hall–Kier alpha value is -0.560. The second kappa shape index (κ2) is 6.01. The third-order valence-corrected chi connectivity index (χ3v) is 2.20. The molecule has 1 saturated heterocycles. The second-order valence-electron chi connectivity index (χ2n) is 3.22. The van der Waals surface area contributed by atoms with Crippen LogP contribution in [0.1, 0.15) is 19.3 Å². The highest BCUT2D eigenvalue weighted by atomic mass is 15.1. The van der Waals surface area contributed by atoms with Crippen molar-refractivity contribution >= 4 is 0 Å². The molecule has 1 radical (unpaired) electrons. The van der Waals surface area contributed by atoms with Gasteiger partial charge >= 0.3 is 0 Å². The number of rotatable bonds is 3. The first-order valence-corrected chi connectivity index (χ1v) is 4.77. The highest BCUT2D eigenvalue weighted by Gasteiger charge is 2.06. The highest BCUT2D eigenvalue weighted by Crippen LogP contribution is 2.07. The van der Waals surface area contributed by atoms with E-state index < -0.39 is 0 Å². The van der Waals surface area contributed by atoms with Crippen LogP contribution in [-0.2, 0) is 0 Å². The number of hydrogen-bond donors (Lipinski definition) is 0. The van der Waals surface area contributed by atoms with Gasteiger partial charge in [-0.25, -0.2) is 0 Å². The summed E-state index contributed by atoms with van der Waals surface area (Å²) < 4.78 is 0. The molecule has 1 heteroatoms. The lowest BCUT2D eigenvalue weighted by atomic mass is 10.1. The van der Waals surface area contributed by atoms with Gasteiger partial charge in [0, 0.05) is 6.54 Å². The van der Waals surface area contributed by atoms with E-state index in [2.05, 4.69) is 24.0 Å². The Morgan fingerprint density at radius 2 is 1.83 bits per heavy atom. The molecule has 1 rings (SSSR count). The van der Waals surface area contributed by atoms with Crippen LogP contribution in [0.2, 0.25) is 0 Å². The minimum absolute atomic E-state index is 1.10. The fraction of sp³-hybridized carbons (Fsp3) is 0.545. The van der Waals surface area contributed by atoms with Gasteiger partial charge < -0.3 is 0 Å². The van der Waals surface area contributed by atoms with Crippen molar-refractivity contribution in [1.82, 2.24) is 4.90 Å². The molecule has 0 amide bonds. The van der Waals surface area contributed by atoms with E-state index in [4.69, 9.17) is 0 Å². The Bertz CT molecular complexity index is 152. The summed E-state index contributed by atoms with van der Waals surface area (Å²) in [5.41, 5.74) is 0. The summed E-state index contributed by atoms with van der Waals surface area (Å²) in [4.78, 5) is 2.50. The summed E-state index contributed by atoms with van der Waals surface area (Å²) in [6.45, 7) is 7.28. The number of piperidine rings is 1. The molecule has 0 atom stereocenters. The SMILES string of the molecule is [CH2]/C=C/C=C/CN1CCCCC1. The largest absolute Gasteiger partial charge is 0.300 e. The normalized spacial score (nSPS) is 21.1. The Kier molecular flexibility index (Phi) is 4.77. The van der Waals surface area contributed by atoms with Crippen LogP contribution < -0.4 is 0 Å². The van der Waals surface area contributed by atoms with Gasteiger partial charge in [-0.15, -0.1) is 0 Å². The summed E-state index contributed by atoms with van der Waals surface area (Å²) in [6.07, 6.45) is 12.2. The Morgan fingerprint density at radius 3 is 2.50 bits per heavy atom. The third kappa shape index (κ3) is 3.72. The third-order valence-electron chi connectivity index (χ3n) is 2.20. The molecule has 0 unspecified atom stereocenters. The van der Waals surface area contributed by atoms with Gasteiger partial charge in [-0.2, -0.15) is 0 Å². The van der Waals surface area contributed by atoms with Gasteiger partial charge in [0.15, 0.2) is 0 Å². The highest BCUT2D eigenvalue weighted by molar-refractivity contribution is 5.04. The lowest BCUT2D eigenvalue weighted by Crippen LogP contribution is -2.29. The summed E-state index contributed by atoms with van der Waals surface area (Å²) in [7, 11) is 0. The molecule has 0 aromatic rings. The zero-order valence-corrected chi connectivity index (χ0v) is 7.71. The van der Waals surface area contributed by atoms with Crippen LogP contribution in [0.3, 0.4) is 0 Å². The molecule has 0 bridgehead atoms. The summed E-state index contributed by atoms with van der Waals surface area (Å²) in [5, 5.41) is 0. The van der Waals surface area contributed by atoms with Crippen LogP contribution in [0.15, 0.2) is 24.3 Å². The first kappa shape index (κ1) is 9.53. The van der Waals surface area contributed by atoms with Crippen molar-refractivity contribution in [3.8, 4) is 0 Å².